The summed E-state index contributed by atoms with van der Waals surface area (Å²) in [5.41, 5.74) is 1.20. The summed E-state index contributed by atoms with van der Waals surface area (Å²) in [6.07, 6.45) is 0. The van der Waals surface area contributed by atoms with Gasteiger partial charge in [0.2, 0.25) is 0 Å². The topological polar surface area (TPSA) is 95.5 Å². The second-order valence-electron chi connectivity index (χ2n) is 4.52. The summed E-state index contributed by atoms with van der Waals surface area (Å²) in [5, 5.41) is 21.6. The molecule has 0 aliphatic rings. The van der Waals surface area contributed by atoms with Gasteiger partial charge in [-0.05, 0) is 37.1 Å². The highest BCUT2D eigenvalue weighted by Crippen LogP contribution is 2.32. The van der Waals surface area contributed by atoms with Gasteiger partial charge in [-0.1, -0.05) is 0 Å². The first-order valence-electron chi connectivity index (χ1n) is 6.06. The lowest BCUT2D eigenvalue weighted by Crippen LogP contribution is -1.95. The van der Waals surface area contributed by atoms with Crippen LogP contribution in [0.3, 0.4) is 0 Å². The number of non-ortho nitro benzene ring substituents is 2. The van der Waals surface area contributed by atoms with E-state index in [-0.39, 0.29) is 11.4 Å². The third-order valence-electron chi connectivity index (χ3n) is 2.99. The van der Waals surface area contributed by atoms with E-state index in [0.29, 0.717) is 22.6 Å². The molecule has 0 heterocycles. The summed E-state index contributed by atoms with van der Waals surface area (Å²) in [4.78, 5) is 20.5. The number of nitro groups is 2. The lowest BCUT2D eigenvalue weighted by molar-refractivity contribution is -0.385. The van der Waals surface area contributed by atoms with Gasteiger partial charge >= 0.3 is 0 Å². The Morgan fingerprint density at radius 3 is 1.52 bits per heavy atom. The molecule has 0 aliphatic heterocycles. The Morgan fingerprint density at radius 1 is 0.810 bits per heavy atom. The van der Waals surface area contributed by atoms with E-state index in [1.165, 1.54) is 24.3 Å². The van der Waals surface area contributed by atoms with Crippen LogP contribution < -0.4 is 4.74 Å². The second-order valence-corrected chi connectivity index (χ2v) is 4.52. The largest absolute Gasteiger partial charge is 0.456 e. The van der Waals surface area contributed by atoms with Crippen molar-refractivity contribution in [3.05, 3.63) is 67.8 Å². The summed E-state index contributed by atoms with van der Waals surface area (Å²) < 4.78 is 5.61. The fourth-order valence-electron chi connectivity index (χ4n) is 1.74. The molecule has 7 nitrogen and oxygen atoms in total. The molecule has 0 radical (unpaired) electrons. The molecule has 2 aromatic carbocycles. The molecular formula is C14H12N2O5. The molecule has 0 N–H and O–H groups in total. The summed E-state index contributed by atoms with van der Waals surface area (Å²) in [6, 6.07) is 8.49. The quantitative estimate of drug-likeness (QED) is 0.627. The van der Waals surface area contributed by atoms with Crippen LogP contribution in [-0.2, 0) is 0 Å². The first-order valence-corrected chi connectivity index (χ1v) is 6.06. The number of nitrogens with zero attached hydrogens (tertiary/aromatic N) is 2. The van der Waals surface area contributed by atoms with Crippen LogP contribution in [0.5, 0.6) is 11.5 Å². The van der Waals surface area contributed by atoms with Crippen molar-refractivity contribution in [2.45, 2.75) is 13.8 Å². The van der Waals surface area contributed by atoms with E-state index in [4.69, 9.17) is 4.74 Å². The molecule has 0 aliphatic carbocycles. The van der Waals surface area contributed by atoms with Crippen LogP contribution in [0, 0.1) is 34.1 Å². The van der Waals surface area contributed by atoms with Gasteiger partial charge in [0.05, 0.1) is 22.0 Å². The average molecular weight is 288 g/mol. The zero-order valence-corrected chi connectivity index (χ0v) is 11.4. The molecular weight excluding hydrogens is 276 g/mol. The van der Waals surface area contributed by atoms with Gasteiger partial charge in [0, 0.05) is 12.1 Å². The van der Waals surface area contributed by atoms with E-state index < -0.39 is 9.85 Å². The predicted molar refractivity (Wildman–Crippen MR) is 75.7 cm³/mol. The molecule has 0 unspecified atom stereocenters. The van der Waals surface area contributed by atoms with Crippen molar-refractivity contribution in [3.8, 4) is 11.5 Å². The van der Waals surface area contributed by atoms with Crippen molar-refractivity contribution in [2.24, 2.45) is 0 Å². The van der Waals surface area contributed by atoms with E-state index >= 15 is 0 Å². The molecule has 21 heavy (non-hydrogen) atoms. The van der Waals surface area contributed by atoms with E-state index in [2.05, 4.69) is 0 Å². The highest BCUT2D eigenvalue weighted by atomic mass is 16.6. The van der Waals surface area contributed by atoms with Crippen LogP contribution in [0.2, 0.25) is 0 Å². The first-order chi connectivity index (χ1) is 9.88. The maximum atomic E-state index is 10.8. The van der Waals surface area contributed by atoms with E-state index in [1.54, 1.807) is 26.0 Å². The van der Waals surface area contributed by atoms with Crippen molar-refractivity contribution in [3.63, 3.8) is 0 Å². The summed E-state index contributed by atoms with van der Waals surface area (Å²) >= 11 is 0. The van der Waals surface area contributed by atoms with Crippen molar-refractivity contribution in [1.82, 2.24) is 0 Å². The summed E-state index contributed by atoms with van der Waals surface area (Å²) in [5.74, 6) is 0.598. The van der Waals surface area contributed by atoms with Gasteiger partial charge in [0.25, 0.3) is 11.4 Å². The van der Waals surface area contributed by atoms with Crippen LogP contribution in [0.15, 0.2) is 36.4 Å². The molecule has 2 aromatic rings. The molecule has 0 aromatic heterocycles. The number of hydrogen-bond donors (Lipinski definition) is 0. The fraction of sp³-hybridized carbons (Fsp3) is 0.143. The lowest BCUT2D eigenvalue weighted by Gasteiger charge is -2.10. The van der Waals surface area contributed by atoms with Gasteiger partial charge in [0.1, 0.15) is 11.5 Å². The summed E-state index contributed by atoms with van der Waals surface area (Å²) in [6.45, 7) is 3.48. The maximum absolute atomic E-state index is 10.8. The summed E-state index contributed by atoms with van der Waals surface area (Å²) in [7, 11) is 0. The van der Waals surface area contributed by atoms with Crippen molar-refractivity contribution in [1.29, 1.82) is 0 Å². The third kappa shape index (κ3) is 3.14. The molecule has 0 amide bonds. The lowest BCUT2D eigenvalue weighted by atomic mass is 10.2. The molecule has 0 bridgehead atoms. The van der Waals surface area contributed by atoms with Gasteiger partial charge in [-0.3, -0.25) is 20.2 Å². The van der Waals surface area contributed by atoms with Crippen LogP contribution in [0.1, 0.15) is 11.1 Å². The molecule has 0 saturated carbocycles. The Hall–Kier alpha value is -2.96. The Balaban J connectivity index is 2.42. The molecule has 0 spiro atoms. The van der Waals surface area contributed by atoms with Crippen LogP contribution >= 0.6 is 0 Å². The normalized spacial score (nSPS) is 10.2. The number of rotatable bonds is 4. The first kappa shape index (κ1) is 14.4. The monoisotopic (exact) mass is 288 g/mol. The van der Waals surface area contributed by atoms with Gasteiger partial charge in [-0.25, -0.2) is 0 Å². The average Bonchev–Trinajstić information content (AvgIpc) is 2.43. The SMILES string of the molecule is Cc1ccc([N+](=O)[O-])cc1Oc1cc([N+](=O)[O-])ccc1C. The number of aryl methyl sites for hydroxylation is 2. The zero-order valence-electron chi connectivity index (χ0n) is 11.4. The highest BCUT2D eigenvalue weighted by molar-refractivity contribution is 5.49. The van der Waals surface area contributed by atoms with Crippen LogP contribution in [0.4, 0.5) is 11.4 Å². The Labute approximate surface area is 120 Å². The standard InChI is InChI=1S/C14H12N2O5/c1-9-3-5-11(15(17)18)7-13(9)21-14-8-12(16(19)20)6-4-10(14)2/h3-8H,1-2H3. The predicted octanol–water partition coefficient (Wildman–Crippen LogP) is 3.91. The highest BCUT2D eigenvalue weighted by Gasteiger charge is 2.14. The maximum Gasteiger partial charge on any atom is 0.273 e. The van der Waals surface area contributed by atoms with E-state index in [1.807, 2.05) is 0 Å². The number of benzene rings is 2. The van der Waals surface area contributed by atoms with Crippen molar-refractivity contribution < 1.29 is 14.6 Å². The minimum atomic E-state index is -0.521. The molecule has 7 heteroatoms. The molecule has 0 atom stereocenters. The van der Waals surface area contributed by atoms with Crippen LogP contribution in [-0.4, -0.2) is 9.85 Å². The molecule has 0 saturated heterocycles. The Kier molecular flexibility index (Phi) is 3.84. The smallest absolute Gasteiger partial charge is 0.273 e. The molecule has 0 fully saturated rings. The minimum absolute atomic E-state index is 0.0984. The van der Waals surface area contributed by atoms with Gasteiger partial charge in [0.15, 0.2) is 0 Å². The number of nitro benzene ring substituents is 2. The van der Waals surface area contributed by atoms with Crippen molar-refractivity contribution >= 4 is 11.4 Å². The van der Waals surface area contributed by atoms with Crippen molar-refractivity contribution in [2.75, 3.05) is 0 Å². The van der Waals surface area contributed by atoms with E-state index in [9.17, 15) is 20.2 Å². The third-order valence-corrected chi connectivity index (χ3v) is 2.99. The van der Waals surface area contributed by atoms with Gasteiger partial charge in [-0.2, -0.15) is 0 Å². The number of hydrogen-bond acceptors (Lipinski definition) is 5. The Morgan fingerprint density at radius 2 is 1.19 bits per heavy atom. The van der Waals surface area contributed by atoms with Gasteiger partial charge in [-0.15, -0.1) is 0 Å². The Bertz CT molecular complexity index is 666. The van der Waals surface area contributed by atoms with Crippen LogP contribution in [0.25, 0.3) is 0 Å². The van der Waals surface area contributed by atoms with Gasteiger partial charge < -0.3 is 4.74 Å². The van der Waals surface area contributed by atoms with E-state index in [0.717, 1.165) is 0 Å². The number of ether oxygens (including phenoxy) is 1. The molecule has 108 valence electrons. The fourth-order valence-corrected chi connectivity index (χ4v) is 1.74. The minimum Gasteiger partial charge on any atom is -0.456 e. The molecule has 2 rings (SSSR count). The second kappa shape index (κ2) is 5.58. The zero-order chi connectivity index (χ0) is 15.6.